The highest BCUT2D eigenvalue weighted by Gasteiger charge is 2.12. The molecular formula is C19H13Cl2N3O3S. The number of carbonyl (C=O) groups is 2. The number of carbonyl (C=O) groups excluding carboxylic acids is 2. The van der Waals surface area contributed by atoms with Crippen LogP contribution in [-0.2, 0) is 0 Å². The van der Waals surface area contributed by atoms with Gasteiger partial charge in [-0.25, -0.2) is 4.79 Å². The lowest BCUT2D eigenvalue weighted by Crippen LogP contribution is -2.36. The van der Waals surface area contributed by atoms with E-state index >= 15 is 0 Å². The normalized spacial score (nSPS) is 10.2. The van der Waals surface area contributed by atoms with Crippen LogP contribution in [0.2, 0.25) is 10.2 Å². The van der Waals surface area contributed by atoms with Crippen molar-refractivity contribution in [3.8, 4) is 11.6 Å². The summed E-state index contributed by atoms with van der Waals surface area (Å²) in [5.41, 5.74) is 0.381. The standard InChI is InChI=1S/C19H13Cl2N3O3S/c20-13-6-8-14(9-7-13)27-16-11-10-15(17(21)22-16)28-24-19(26)23-18(25)12-4-2-1-3-5-12/h1-11H,(H2,23,24,25,26). The van der Waals surface area contributed by atoms with Crippen molar-refractivity contribution in [2.45, 2.75) is 4.90 Å². The zero-order valence-corrected chi connectivity index (χ0v) is 16.5. The van der Waals surface area contributed by atoms with E-state index < -0.39 is 11.9 Å². The van der Waals surface area contributed by atoms with Crippen LogP contribution in [0.25, 0.3) is 0 Å². The van der Waals surface area contributed by atoms with E-state index in [-0.39, 0.29) is 5.15 Å². The molecule has 6 nitrogen and oxygen atoms in total. The Morgan fingerprint density at radius 3 is 2.32 bits per heavy atom. The maximum atomic E-state index is 11.9. The van der Waals surface area contributed by atoms with Crippen molar-refractivity contribution in [1.82, 2.24) is 15.0 Å². The maximum absolute atomic E-state index is 11.9. The van der Waals surface area contributed by atoms with Crippen molar-refractivity contribution < 1.29 is 14.3 Å². The molecular weight excluding hydrogens is 421 g/mol. The second kappa shape index (κ2) is 9.45. The first-order chi connectivity index (χ1) is 13.5. The van der Waals surface area contributed by atoms with Crippen molar-refractivity contribution in [3.05, 3.63) is 82.5 Å². The molecule has 142 valence electrons. The second-order valence-electron chi connectivity index (χ2n) is 5.35. The highest BCUT2D eigenvalue weighted by atomic mass is 35.5. The van der Waals surface area contributed by atoms with E-state index in [2.05, 4.69) is 15.0 Å². The summed E-state index contributed by atoms with van der Waals surface area (Å²) in [6.07, 6.45) is 0. The smallest absolute Gasteiger partial charge is 0.331 e. The van der Waals surface area contributed by atoms with Gasteiger partial charge in [0, 0.05) is 16.7 Å². The third kappa shape index (κ3) is 5.63. The van der Waals surface area contributed by atoms with Crippen molar-refractivity contribution in [3.63, 3.8) is 0 Å². The second-order valence-corrected chi connectivity index (χ2v) is 6.99. The first-order valence-corrected chi connectivity index (χ1v) is 9.52. The Labute approximate surface area is 175 Å². The van der Waals surface area contributed by atoms with Crippen LogP contribution in [0.1, 0.15) is 10.4 Å². The van der Waals surface area contributed by atoms with E-state index in [1.165, 1.54) is 0 Å². The molecule has 28 heavy (non-hydrogen) atoms. The fourth-order valence-electron chi connectivity index (χ4n) is 2.05. The number of imide groups is 1. The maximum Gasteiger partial charge on any atom is 0.331 e. The third-order valence-corrected chi connectivity index (χ3v) is 4.83. The SMILES string of the molecule is O=C(NSc1ccc(Oc2ccc(Cl)cc2)nc1Cl)NC(=O)c1ccccc1. The molecule has 0 bridgehead atoms. The van der Waals surface area contributed by atoms with Crippen molar-refractivity contribution in [1.29, 1.82) is 0 Å². The van der Waals surface area contributed by atoms with E-state index in [0.29, 0.717) is 27.1 Å². The van der Waals surface area contributed by atoms with E-state index in [1.54, 1.807) is 66.7 Å². The van der Waals surface area contributed by atoms with Gasteiger partial charge in [-0.2, -0.15) is 4.98 Å². The van der Waals surface area contributed by atoms with Gasteiger partial charge in [-0.1, -0.05) is 41.4 Å². The number of pyridine rings is 1. The molecule has 2 aromatic carbocycles. The number of rotatable bonds is 5. The van der Waals surface area contributed by atoms with E-state index in [4.69, 9.17) is 27.9 Å². The summed E-state index contributed by atoms with van der Waals surface area (Å²) in [7, 11) is 0. The first kappa shape index (κ1) is 20.0. The molecule has 3 aromatic rings. The molecule has 0 aliphatic rings. The molecule has 1 aromatic heterocycles. The van der Waals surface area contributed by atoms with Gasteiger partial charge in [0.2, 0.25) is 5.88 Å². The van der Waals surface area contributed by atoms with E-state index in [0.717, 1.165) is 11.9 Å². The zero-order chi connectivity index (χ0) is 19.9. The topological polar surface area (TPSA) is 80.3 Å². The molecule has 3 rings (SSSR count). The number of halogens is 2. The van der Waals surface area contributed by atoms with Gasteiger partial charge in [0.15, 0.2) is 0 Å². The molecule has 0 saturated carbocycles. The fourth-order valence-corrected chi connectivity index (χ4v) is 2.96. The summed E-state index contributed by atoms with van der Waals surface area (Å²) in [5, 5.41) is 2.97. The number of aromatic nitrogens is 1. The molecule has 0 atom stereocenters. The lowest BCUT2D eigenvalue weighted by Gasteiger charge is -2.09. The molecule has 9 heteroatoms. The highest BCUT2D eigenvalue weighted by Crippen LogP contribution is 2.28. The molecule has 0 saturated heterocycles. The van der Waals surface area contributed by atoms with Crippen LogP contribution < -0.4 is 14.8 Å². The first-order valence-electron chi connectivity index (χ1n) is 7.94. The van der Waals surface area contributed by atoms with Gasteiger partial charge in [0.25, 0.3) is 5.91 Å². The zero-order valence-electron chi connectivity index (χ0n) is 14.2. The summed E-state index contributed by atoms with van der Waals surface area (Å²) >= 11 is 12.9. The van der Waals surface area contributed by atoms with Crippen molar-refractivity contribution in [2.24, 2.45) is 0 Å². The molecule has 0 aliphatic carbocycles. The Hall–Kier alpha value is -2.74. The van der Waals surface area contributed by atoms with Crippen LogP contribution in [0.5, 0.6) is 11.6 Å². The van der Waals surface area contributed by atoms with Crippen molar-refractivity contribution in [2.75, 3.05) is 0 Å². The van der Waals surface area contributed by atoms with Crippen molar-refractivity contribution >= 4 is 47.1 Å². The quantitative estimate of drug-likeness (QED) is 0.419. The summed E-state index contributed by atoms with van der Waals surface area (Å²) < 4.78 is 8.07. The van der Waals surface area contributed by atoms with Gasteiger partial charge in [0.1, 0.15) is 10.9 Å². The number of benzene rings is 2. The predicted molar refractivity (Wildman–Crippen MR) is 109 cm³/mol. The van der Waals surface area contributed by atoms with Gasteiger partial charge >= 0.3 is 6.03 Å². The number of hydrogen-bond acceptors (Lipinski definition) is 5. The average molecular weight is 434 g/mol. The van der Waals surface area contributed by atoms with Crippen LogP contribution in [-0.4, -0.2) is 16.9 Å². The van der Waals surface area contributed by atoms with E-state index in [1.807, 2.05) is 0 Å². The van der Waals surface area contributed by atoms with Crippen LogP contribution >= 0.6 is 35.1 Å². The number of urea groups is 1. The number of ether oxygens (including phenoxy) is 1. The lowest BCUT2D eigenvalue weighted by molar-refractivity contribution is 0.0965. The molecule has 0 unspecified atom stereocenters. The Morgan fingerprint density at radius 1 is 0.929 bits per heavy atom. The number of amides is 3. The summed E-state index contributed by atoms with van der Waals surface area (Å²) in [5.74, 6) is 0.348. The molecule has 3 amide bonds. The lowest BCUT2D eigenvalue weighted by atomic mass is 10.2. The van der Waals surface area contributed by atoms with Gasteiger partial charge < -0.3 is 4.74 Å². The fraction of sp³-hybridized carbons (Fsp3) is 0. The van der Waals surface area contributed by atoms with Crippen LogP contribution in [0, 0.1) is 0 Å². The van der Waals surface area contributed by atoms with E-state index in [9.17, 15) is 9.59 Å². The largest absolute Gasteiger partial charge is 0.439 e. The Kier molecular flexibility index (Phi) is 6.76. The Morgan fingerprint density at radius 2 is 1.64 bits per heavy atom. The van der Waals surface area contributed by atoms with Gasteiger partial charge in [-0.15, -0.1) is 0 Å². The Balaban J connectivity index is 1.55. The number of nitrogens with one attached hydrogen (secondary N) is 2. The minimum atomic E-state index is -0.670. The summed E-state index contributed by atoms with van der Waals surface area (Å²) in [6, 6.07) is 17.8. The highest BCUT2D eigenvalue weighted by molar-refractivity contribution is 7.98. The molecule has 0 fully saturated rings. The van der Waals surface area contributed by atoms with Crippen LogP contribution in [0.4, 0.5) is 4.79 Å². The molecule has 0 radical (unpaired) electrons. The Bertz CT molecular complexity index is 985. The van der Waals surface area contributed by atoms with Gasteiger partial charge in [-0.3, -0.25) is 14.8 Å². The van der Waals surface area contributed by atoms with Crippen LogP contribution in [0.15, 0.2) is 71.6 Å². The molecule has 0 aliphatic heterocycles. The number of nitrogens with zero attached hydrogens (tertiary/aromatic N) is 1. The van der Waals surface area contributed by atoms with Crippen LogP contribution in [0.3, 0.4) is 0 Å². The molecule has 2 N–H and O–H groups in total. The van der Waals surface area contributed by atoms with Gasteiger partial charge in [-0.05, 0) is 54.4 Å². The third-order valence-electron chi connectivity index (χ3n) is 3.34. The minimum Gasteiger partial charge on any atom is -0.439 e. The molecule has 0 spiro atoms. The minimum absolute atomic E-state index is 0.145. The molecule has 1 heterocycles. The summed E-state index contributed by atoms with van der Waals surface area (Å²) in [6.45, 7) is 0. The van der Waals surface area contributed by atoms with Gasteiger partial charge in [0.05, 0.1) is 4.90 Å². The number of hydrogen-bond donors (Lipinski definition) is 2. The monoisotopic (exact) mass is 433 g/mol. The summed E-state index contributed by atoms with van der Waals surface area (Å²) in [4.78, 5) is 28.4. The predicted octanol–water partition coefficient (Wildman–Crippen LogP) is 5.33. The average Bonchev–Trinajstić information content (AvgIpc) is 2.70.